The van der Waals surface area contributed by atoms with Crippen LogP contribution >= 0.6 is 0 Å². The van der Waals surface area contributed by atoms with Crippen molar-refractivity contribution in [2.45, 2.75) is 19.5 Å². The van der Waals surface area contributed by atoms with Crippen LogP contribution in [-0.4, -0.2) is 9.97 Å². The molecule has 0 radical (unpaired) electrons. The lowest BCUT2D eigenvalue weighted by atomic mass is 10.1. The number of alkyl halides is 3. The highest BCUT2D eigenvalue weighted by Crippen LogP contribution is 2.30. The van der Waals surface area contributed by atoms with Crippen molar-refractivity contribution in [3.8, 4) is 0 Å². The molecule has 19 heavy (non-hydrogen) atoms. The van der Waals surface area contributed by atoms with E-state index in [2.05, 4.69) is 9.97 Å². The largest absolute Gasteiger partial charge is 0.416 e. The van der Waals surface area contributed by atoms with Gasteiger partial charge in [-0.2, -0.15) is 13.2 Å². The molecule has 0 N–H and O–H groups in total. The summed E-state index contributed by atoms with van der Waals surface area (Å²) in [4.78, 5) is 8.02. The summed E-state index contributed by atoms with van der Waals surface area (Å²) in [6.45, 7) is 1.73. The third-order valence-corrected chi connectivity index (χ3v) is 2.48. The van der Waals surface area contributed by atoms with Crippen molar-refractivity contribution in [3.05, 3.63) is 58.9 Å². The van der Waals surface area contributed by atoms with Crippen LogP contribution in [0.2, 0.25) is 0 Å². The second-order valence-electron chi connectivity index (χ2n) is 4.17. The molecule has 0 spiro atoms. The summed E-state index contributed by atoms with van der Waals surface area (Å²) >= 11 is 0. The molecule has 0 aliphatic carbocycles. The SMILES string of the molecule is Cc1cncc(Cc2cc(F)cc(C(F)(F)F)c2)n1. The van der Waals surface area contributed by atoms with Crippen LogP contribution in [0.15, 0.2) is 30.6 Å². The van der Waals surface area contributed by atoms with Crippen molar-refractivity contribution in [1.29, 1.82) is 0 Å². The minimum atomic E-state index is -4.56. The summed E-state index contributed by atoms with van der Waals surface area (Å²) in [7, 11) is 0. The summed E-state index contributed by atoms with van der Waals surface area (Å²) in [6, 6.07) is 2.47. The number of rotatable bonds is 2. The summed E-state index contributed by atoms with van der Waals surface area (Å²) in [5.74, 6) is -0.912. The molecule has 0 aliphatic heterocycles. The molecule has 0 saturated carbocycles. The summed E-state index contributed by atoms with van der Waals surface area (Å²) in [6.07, 6.45) is -1.47. The fraction of sp³-hybridized carbons (Fsp3) is 0.231. The molecule has 1 heterocycles. The fourth-order valence-corrected chi connectivity index (χ4v) is 1.73. The van der Waals surface area contributed by atoms with Crippen LogP contribution in [0.1, 0.15) is 22.5 Å². The molecule has 2 nitrogen and oxygen atoms in total. The topological polar surface area (TPSA) is 25.8 Å². The molecule has 2 rings (SSSR count). The summed E-state index contributed by atoms with van der Waals surface area (Å²) in [5, 5.41) is 0. The van der Waals surface area contributed by atoms with E-state index in [9.17, 15) is 17.6 Å². The predicted octanol–water partition coefficient (Wildman–Crippen LogP) is 3.53. The van der Waals surface area contributed by atoms with E-state index in [0.717, 1.165) is 12.1 Å². The van der Waals surface area contributed by atoms with Crippen molar-refractivity contribution in [2.24, 2.45) is 0 Å². The van der Waals surface area contributed by atoms with Gasteiger partial charge >= 0.3 is 6.18 Å². The Kier molecular flexibility index (Phi) is 3.50. The first kappa shape index (κ1) is 13.5. The molecule has 100 valence electrons. The second-order valence-corrected chi connectivity index (χ2v) is 4.17. The van der Waals surface area contributed by atoms with Gasteiger partial charge in [-0.15, -0.1) is 0 Å². The Hall–Kier alpha value is -1.98. The lowest BCUT2D eigenvalue weighted by molar-refractivity contribution is -0.137. The lowest BCUT2D eigenvalue weighted by Crippen LogP contribution is -2.07. The van der Waals surface area contributed by atoms with Crippen molar-refractivity contribution in [2.75, 3.05) is 0 Å². The third kappa shape index (κ3) is 3.49. The van der Waals surface area contributed by atoms with Crippen LogP contribution < -0.4 is 0 Å². The molecular formula is C13H10F4N2. The van der Waals surface area contributed by atoms with E-state index in [-0.39, 0.29) is 12.0 Å². The van der Waals surface area contributed by atoms with Gasteiger partial charge in [0.1, 0.15) is 5.82 Å². The highest BCUT2D eigenvalue weighted by Gasteiger charge is 2.31. The number of benzene rings is 1. The normalized spacial score (nSPS) is 11.6. The first-order valence-electron chi connectivity index (χ1n) is 5.49. The van der Waals surface area contributed by atoms with Crippen LogP contribution in [0.4, 0.5) is 17.6 Å². The van der Waals surface area contributed by atoms with Gasteiger partial charge in [0, 0.05) is 18.8 Å². The van der Waals surface area contributed by atoms with Gasteiger partial charge in [0.25, 0.3) is 0 Å². The highest BCUT2D eigenvalue weighted by molar-refractivity contribution is 5.29. The van der Waals surface area contributed by atoms with Crippen LogP contribution in [0.3, 0.4) is 0 Å². The Morgan fingerprint density at radius 1 is 1.11 bits per heavy atom. The molecule has 6 heteroatoms. The van der Waals surface area contributed by atoms with E-state index in [0.29, 0.717) is 17.5 Å². The van der Waals surface area contributed by atoms with E-state index in [1.807, 2.05) is 0 Å². The van der Waals surface area contributed by atoms with Gasteiger partial charge in [-0.05, 0) is 30.7 Å². The zero-order valence-corrected chi connectivity index (χ0v) is 10.0. The number of aromatic nitrogens is 2. The molecule has 0 bridgehead atoms. The quantitative estimate of drug-likeness (QED) is 0.780. The lowest BCUT2D eigenvalue weighted by Gasteiger charge is -2.09. The van der Waals surface area contributed by atoms with Crippen molar-refractivity contribution < 1.29 is 17.6 Å². The second kappa shape index (κ2) is 4.95. The van der Waals surface area contributed by atoms with E-state index in [4.69, 9.17) is 0 Å². The van der Waals surface area contributed by atoms with Gasteiger partial charge in [-0.1, -0.05) is 0 Å². The molecule has 0 atom stereocenters. The molecule has 0 saturated heterocycles. The first-order valence-corrected chi connectivity index (χ1v) is 5.49. The summed E-state index contributed by atoms with van der Waals surface area (Å²) in [5.41, 5.74) is 0.374. The number of halogens is 4. The zero-order valence-electron chi connectivity index (χ0n) is 10.0. The van der Waals surface area contributed by atoms with Gasteiger partial charge < -0.3 is 0 Å². The van der Waals surface area contributed by atoms with Gasteiger partial charge in [-0.3, -0.25) is 9.97 Å². The molecular weight excluding hydrogens is 260 g/mol. The molecule has 0 amide bonds. The Morgan fingerprint density at radius 3 is 2.47 bits per heavy atom. The Morgan fingerprint density at radius 2 is 1.84 bits per heavy atom. The molecule has 1 aromatic heterocycles. The molecule has 0 fully saturated rings. The van der Waals surface area contributed by atoms with Crippen molar-refractivity contribution in [3.63, 3.8) is 0 Å². The number of hydrogen-bond donors (Lipinski definition) is 0. The maximum Gasteiger partial charge on any atom is 0.416 e. The first-order chi connectivity index (χ1) is 8.84. The fourth-order valence-electron chi connectivity index (χ4n) is 1.73. The molecule has 0 unspecified atom stereocenters. The van der Waals surface area contributed by atoms with Crippen LogP contribution in [0, 0.1) is 12.7 Å². The van der Waals surface area contributed by atoms with Crippen molar-refractivity contribution in [1.82, 2.24) is 9.97 Å². The number of aryl methyl sites for hydroxylation is 1. The highest BCUT2D eigenvalue weighted by atomic mass is 19.4. The number of hydrogen-bond acceptors (Lipinski definition) is 2. The molecule has 2 aromatic rings. The zero-order chi connectivity index (χ0) is 14.0. The van der Waals surface area contributed by atoms with E-state index >= 15 is 0 Å². The predicted molar refractivity (Wildman–Crippen MR) is 61.0 cm³/mol. The molecule has 0 aliphatic rings. The third-order valence-electron chi connectivity index (χ3n) is 2.48. The monoisotopic (exact) mass is 270 g/mol. The van der Waals surface area contributed by atoms with Gasteiger partial charge in [0.05, 0.1) is 17.0 Å². The number of nitrogens with zero attached hydrogens (tertiary/aromatic N) is 2. The minimum Gasteiger partial charge on any atom is -0.261 e. The average Bonchev–Trinajstić information content (AvgIpc) is 2.26. The van der Waals surface area contributed by atoms with Crippen LogP contribution in [0.25, 0.3) is 0 Å². The van der Waals surface area contributed by atoms with E-state index in [1.54, 1.807) is 6.92 Å². The standard InChI is InChI=1S/C13H10F4N2/c1-8-6-18-7-12(19-8)4-9-2-10(13(15,16)17)5-11(14)3-9/h2-3,5-7H,4H2,1H3. The van der Waals surface area contributed by atoms with Gasteiger partial charge in [0.15, 0.2) is 0 Å². The van der Waals surface area contributed by atoms with Gasteiger partial charge in [0.2, 0.25) is 0 Å². The Balaban J connectivity index is 2.33. The molecule has 1 aromatic carbocycles. The average molecular weight is 270 g/mol. The van der Waals surface area contributed by atoms with E-state index in [1.165, 1.54) is 12.4 Å². The smallest absolute Gasteiger partial charge is 0.261 e. The van der Waals surface area contributed by atoms with Crippen LogP contribution in [-0.2, 0) is 12.6 Å². The minimum absolute atomic E-state index is 0.107. The summed E-state index contributed by atoms with van der Waals surface area (Å²) < 4.78 is 50.9. The Labute approximate surface area is 107 Å². The van der Waals surface area contributed by atoms with E-state index < -0.39 is 17.6 Å². The maximum absolute atomic E-state index is 13.2. The van der Waals surface area contributed by atoms with Crippen molar-refractivity contribution >= 4 is 0 Å². The Bertz CT molecular complexity index is 593. The van der Waals surface area contributed by atoms with Crippen LogP contribution in [0.5, 0.6) is 0 Å². The van der Waals surface area contributed by atoms with Gasteiger partial charge in [-0.25, -0.2) is 4.39 Å². The maximum atomic E-state index is 13.2.